The molecule has 0 spiro atoms. The molecule has 1 heteroatoms. The molecule has 0 unspecified atom stereocenters. The minimum Gasteiger partial charge on any atom is -0.179 e. The summed E-state index contributed by atoms with van der Waals surface area (Å²) in [5.41, 5.74) is 4.57. The van der Waals surface area contributed by atoms with E-state index in [0.29, 0.717) is 0 Å². The first-order chi connectivity index (χ1) is 6.95. The Morgan fingerprint density at radius 3 is 2.40 bits per heavy atom. The summed E-state index contributed by atoms with van der Waals surface area (Å²) in [5.74, 6) is 0.971. The van der Waals surface area contributed by atoms with Gasteiger partial charge >= 0.3 is 0 Å². The zero-order valence-corrected chi connectivity index (χ0v) is 11.2. The van der Waals surface area contributed by atoms with Crippen molar-refractivity contribution in [1.82, 2.24) is 0 Å². The lowest BCUT2D eigenvalue weighted by Crippen LogP contribution is -2.13. The van der Waals surface area contributed by atoms with Gasteiger partial charge in [0.15, 0.2) is 0 Å². The molecule has 0 saturated carbocycles. The normalized spacial score (nSPS) is 11.8. The molecule has 0 aliphatic rings. The number of benzene rings is 1. The monoisotopic (exact) mass is 222 g/mol. The molecule has 0 saturated heterocycles. The van der Waals surface area contributed by atoms with Gasteiger partial charge in [0.1, 0.15) is 0 Å². The highest BCUT2D eigenvalue weighted by molar-refractivity contribution is 7.80. The largest absolute Gasteiger partial charge is 0.179 e. The van der Waals surface area contributed by atoms with E-state index in [9.17, 15) is 0 Å². The van der Waals surface area contributed by atoms with Gasteiger partial charge in [0.05, 0.1) is 0 Å². The predicted octanol–water partition coefficient (Wildman–Crippen LogP) is 4.15. The van der Waals surface area contributed by atoms with Crippen molar-refractivity contribution in [2.24, 2.45) is 0 Å². The van der Waals surface area contributed by atoms with Crippen LogP contribution in [0.1, 0.15) is 43.9 Å². The van der Waals surface area contributed by atoms with Crippen molar-refractivity contribution in [3.8, 4) is 0 Å². The van der Waals surface area contributed by atoms with E-state index in [4.69, 9.17) is 0 Å². The molecule has 0 bridgehead atoms. The van der Waals surface area contributed by atoms with E-state index in [2.05, 4.69) is 58.5 Å². The summed E-state index contributed by atoms with van der Waals surface area (Å²) in [6, 6.07) is 6.85. The second kappa shape index (κ2) is 5.07. The van der Waals surface area contributed by atoms with Gasteiger partial charge in [-0.15, -0.1) is 0 Å². The molecule has 15 heavy (non-hydrogen) atoms. The van der Waals surface area contributed by atoms with Crippen LogP contribution in [0, 0.1) is 6.92 Å². The van der Waals surface area contributed by atoms with Crippen LogP contribution in [0.15, 0.2) is 18.2 Å². The van der Waals surface area contributed by atoms with Gasteiger partial charge in [-0.25, -0.2) is 0 Å². The van der Waals surface area contributed by atoms with E-state index in [0.717, 1.165) is 18.6 Å². The van der Waals surface area contributed by atoms with Crippen LogP contribution >= 0.6 is 12.6 Å². The molecule has 84 valence electrons. The van der Waals surface area contributed by atoms with Gasteiger partial charge in [0.25, 0.3) is 0 Å². The van der Waals surface area contributed by atoms with E-state index in [-0.39, 0.29) is 5.41 Å². The molecule has 0 fully saturated rings. The third kappa shape index (κ3) is 3.57. The summed E-state index contributed by atoms with van der Waals surface area (Å²) >= 11 is 4.25. The van der Waals surface area contributed by atoms with Crippen molar-refractivity contribution in [3.63, 3.8) is 0 Å². The molecular formula is C14H22S. The van der Waals surface area contributed by atoms with Gasteiger partial charge < -0.3 is 0 Å². The van der Waals surface area contributed by atoms with Crippen LogP contribution in [-0.2, 0) is 11.8 Å². The van der Waals surface area contributed by atoms with Crippen molar-refractivity contribution >= 4 is 12.6 Å². The highest BCUT2D eigenvalue weighted by Gasteiger charge is 2.16. The summed E-state index contributed by atoms with van der Waals surface area (Å²) < 4.78 is 0. The van der Waals surface area contributed by atoms with Crippen LogP contribution in [0.25, 0.3) is 0 Å². The quantitative estimate of drug-likeness (QED) is 0.730. The van der Waals surface area contributed by atoms with Crippen LogP contribution < -0.4 is 0 Å². The third-order valence-corrected chi connectivity index (χ3v) is 3.05. The first-order valence-corrected chi connectivity index (χ1v) is 6.29. The lowest BCUT2D eigenvalue weighted by Gasteiger charge is -2.22. The molecule has 0 N–H and O–H groups in total. The maximum atomic E-state index is 4.25. The first kappa shape index (κ1) is 12.6. The summed E-state index contributed by atoms with van der Waals surface area (Å²) in [4.78, 5) is 0. The molecule has 1 aromatic carbocycles. The van der Waals surface area contributed by atoms with Crippen LogP contribution in [0.4, 0.5) is 0 Å². The fraction of sp³-hybridized carbons (Fsp3) is 0.571. The Bertz CT molecular complexity index is 321. The Labute approximate surface area is 99.5 Å². The minimum atomic E-state index is 0.251. The number of aryl methyl sites for hydroxylation is 2. The standard InChI is InChI=1S/C14H22S/c1-11-7-8-12(6-5-9-15)10-13(11)14(2,3)4/h7-8,10,15H,5-6,9H2,1-4H3. The molecule has 0 aliphatic heterocycles. The van der Waals surface area contributed by atoms with E-state index in [1.165, 1.54) is 16.7 Å². The molecule has 1 aromatic rings. The van der Waals surface area contributed by atoms with Crippen molar-refractivity contribution in [1.29, 1.82) is 0 Å². The molecule has 0 atom stereocenters. The van der Waals surface area contributed by atoms with Crippen molar-refractivity contribution < 1.29 is 0 Å². The fourth-order valence-corrected chi connectivity index (χ4v) is 2.07. The Kier molecular flexibility index (Phi) is 4.27. The van der Waals surface area contributed by atoms with Gasteiger partial charge in [-0.3, -0.25) is 0 Å². The molecule has 0 heterocycles. The van der Waals surface area contributed by atoms with E-state index < -0.39 is 0 Å². The predicted molar refractivity (Wildman–Crippen MR) is 72.1 cm³/mol. The van der Waals surface area contributed by atoms with Gasteiger partial charge in [0.2, 0.25) is 0 Å². The molecule has 1 rings (SSSR count). The number of thiol groups is 1. The summed E-state index contributed by atoms with van der Waals surface area (Å²) in [5, 5.41) is 0. The molecular weight excluding hydrogens is 200 g/mol. The van der Waals surface area contributed by atoms with E-state index in [1.54, 1.807) is 0 Å². The third-order valence-electron chi connectivity index (χ3n) is 2.73. The average Bonchev–Trinajstić information content (AvgIpc) is 2.15. The second-order valence-corrected chi connectivity index (χ2v) is 5.67. The highest BCUT2D eigenvalue weighted by atomic mass is 32.1. The first-order valence-electron chi connectivity index (χ1n) is 5.66. The number of hydrogen-bond acceptors (Lipinski definition) is 1. The van der Waals surface area contributed by atoms with Crippen molar-refractivity contribution in [2.75, 3.05) is 5.75 Å². The molecule has 0 amide bonds. The van der Waals surface area contributed by atoms with Crippen LogP contribution in [0.5, 0.6) is 0 Å². The number of rotatable bonds is 3. The summed E-state index contributed by atoms with van der Waals surface area (Å²) in [6.45, 7) is 9.02. The Morgan fingerprint density at radius 1 is 1.20 bits per heavy atom. The maximum Gasteiger partial charge on any atom is -0.00947 e. The smallest absolute Gasteiger partial charge is 0.00947 e. The number of hydrogen-bond donors (Lipinski definition) is 1. The minimum absolute atomic E-state index is 0.251. The summed E-state index contributed by atoms with van der Waals surface area (Å²) in [6.07, 6.45) is 2.31. The SMILES string of the molecule is Cc1ccc(CCCS)cc1C(C)(C)C. The van der Waals surface area contributed by atoms with Crippen molar-refractivity contribution in [2.45, 2.75) is 46.0 Å². The topological polar surface area (TPSA) is 0 Å². The fourth-order valence-electron chi connectivity index (χ4n) is 1.92. The molecule has 0 nitrogen and oxygen atoms in total. The van der Waals surface area contributed by atoms with Crippen LogP contribution in [0.2, 0.25) is 0 Å². The maximum absolute atomic E-state index is 4.25. The Morgan fingerprint density at radius 2 is 1.87 bits per heavy atom. The van der Waals surface area contributed by atoms with Crippen molar-refractivity contribution in [3.05, 3.63) is 34.9 Å². The van der Waals surface area contributed by atoms with Crippen LogP contribution in [-0.4, -0.2) is 5.75 Å². The van der Waals surface area contributed by atoms with Gasteiger partial charge in [-0.05, 0) is 47.6 Å². The zero-order valence-electron chi connectivity index (χ0n) is 10.3. The van der Waals surface area contributed by atoms with Crippen LogP contribution in [0.3, 0.4) is 0 Å². The lowest BCUT2D eigenvalue weighted by molar-refractivity contribution is 0.585. The van der Waals surface area contributed by atoms with Gasteiger partial charge in [0, 0.05) is 0 Å². The van der Waals surface area contributed by atoms with Gasteiger partial charge in [-0.1, -0.05) is 39.0 Å². The average molecular weight is 222 g/mol. The molecule has 0 aliphatic carbocycles. The van der Waals surface area contributed by atoms with E-state index >= 15 is 0 Å². The zero-order chi connectivity index (χ0) is 11.5. The Hall–Kier alpha value is -0.430. The van der Waals surface area contributed by atoms with E-state index in [1.807, 2.05) is 0 Å². The summed E-state index contributed by atoms with van der Waals surface area (Å²) in [7, 11) is 0. The molecule has 0 radical (unpaired) electrons. The second-order valence-electron chi connectivity index (χ2n) is 5.23. The Balaban J connectivity index is 2.95. The molecule has 0 aromatic heterocycles. The lowest BCUT2D eigenvalue weighted by atomic mass is 9.83. The highest BCUT2D eigenvalue weighted by Crippen LogP contribution is 2.26. The van der Waals surface area contributed by atoms with Gasteiger partial charge in [-0.2, -0.15) is 12.6 Å².